The smallest absolute Gasteiger partial charge is 0.144 e. The predicted molar refractivity (Wildman–Crippen MR) is 119 cm³/mol. The first-order chi connectivity index (χ1) is 13.5. The van der Waals surface area contributed by atoms with Crippen LogP contribution in [-0.4, -0.2) is 9.55 Å². The van der Waals surface area contributed by atoms with Gasteiger partial charge in [0.15, 0.2) is 0 Å². The Morgan fingerprint density at radius 1 is 0.750 bits per heavy atom. The maximum Gasteiger partial charge on any atom is 0.144 e. The van der Waals surface area contributed by atoms with E-state index in [9.17, 15) is 0 Å². The minimum absolute atomic E-state index is 0.974. The number of imidazole rings is 1. The minimum atomic E-state index is 0.974. The van der Waals surface area contributed by atoms with Crippen molar-refractivity contribution in [1.29, 1.82) is 0 Å². The van der Waals surface area contributed by atoms with Crippen LogP contribution < -0.4 is 0 Å². The van der Waals surface area contributed by atoms with E-state index in [4.69, 9.17) is 0 Å². The van der Waals surface area contributed by atoms with Crippen molar-refractivity contribution >= 4 is 11.8 Å². The molecule has 2 nitrogen and oxygen atoms in total. The van der Waals surface area contributed by atoms with Gasteiger partial charge in [0.25, 0.3) is 0 Å². The molecule has 0 saturated carbocycles. The van der Waals surface area contributed by atoms with Crippen molar-refractivity contribution in [3.8, 4) is 17.1 Å². The highest BCUT2D eigenvalue weighted by Gasteiger charge is 2.13. The molecule has 0 N–H and O–H groups in total. The summed E-state index contributed by atoms with van der Waals surface area (Å²) in [5.41, 5.74) is 7.45. The van der Waals surface area contributed by atoms with E-state index in [1.807, 2.05) is 6.20 Å². The van der Waals surface area contributed by atoms with Crippen LogP contribution in [0.15, 0.2) is 82.8 Å². The lowest BCUT2D eigenvalue weighted by atomic mass is 10.0. The number of hydrogen-bond donors (Lipinski definition) is 0. The van der Waals surface area contributed by atoms with E-state index in [1.165, 1.54) is 37.7 Å². The summed E-state index contributed by atoms with van der Waals surface area (Å²) in [6.45, 7) is 8.60. The Kier molecular flexibility index (Phi) is 5.10. The van der Waals surface area contributed by atoms with Crippen molar-refractivity contribution in [2.24, 2.45) is 0 Å². The Morgan fingerprint density at radius 3 is 2.18 bits per heavy atom. The van der Waals surface area contributed by atoms with Gasteiger partial charge in [0.2, 0.25) is 0 Å². The summed E-state index contributed by atoms with van der Waals surface area (Å²) in [7, 11) is 0. The second-order valence-corrected chi connectivity index (χ2v) is 8.46. The van der Waals surface area contributed by atoms with Crippen LogP contribution in [0.3, 0.4) is 0 Å². The van der Waals surface area contributed by atoms with Gasteiger partial charge in [0.1, 0.15) is 5.82 Å². The molecule has 0 radical (unpaired) electrons. The van der Waals surface area contributed by atoms with Crippen LogP contribution in [-0.2, 0) is 0 Å². The molecule has 1 heterocycles. The first-order valence-electron chi connectivity index (χ1n) is 9.48. The molecule has 0 spiro atoms. The lowest BCUT2D eigenvalue weighted by Gasteiger charge is -2.15. The Morgan fingerprint density at radius 2 is 1.46 bits per heavy atom. The summed E-state index contributed by atoms with van der Waals surface area (Å²) in [6, 6.07) is 21.7. The molecular formula is C25H24N2S. The quantitative estimate of drug-likeness (QED) is 0.380. The minimum Gasteiger partial charge on any atom is -0.299 e. The van der Waals surface area contributed by atoms with E-state index in [-0.39, 0.29) is 0 Å². The molecule has 0 fully saturated rings. The number of benzene rings is 3. The van der Waals surface area contributed by atoms with Crippen LogP contribution in [0.4, 0.5) is 0 Å². The maximum atomic E-state index is 4.68. The third-order valence-corrected chi connectivity index (χ3v) is 5.86. The molecule has 0 saturated heterocycles. The molecule has 140 valence electrons. The fourth-order valence-electron chi connectivity index (χ4n) is 3.69. The molecular weight excluding hydrogens is 360 g/mol. The summed E-state index contributed by atoms with van der Waals surface area (Å²) in [4.78, 5) is 7.14. The number of rotatable bonds is 4. The molecule has 3 heteroatoms. The van der Waals surface area contributed by atoms with E-state index in [0.29, 0.717) is 0 Å². The number of nitrogens with zero attached hydrogens (tertiary/aromatic N) is 2. The van der Waals surface area contributed by atoms with Gasteiger partial charge in [0, 0.05) is 27.7 Å². The predicted octanol–water partition coefficient (Wildman–Crippen LogP) is 6.92. The van der Waals surface area contributed by atoms with E-state index >= 15 is 0 Å². The normalized spacial score (nSPS) is 11.0. The highest BCUT2D eigenvalue weighted by molar-refractivity contribution is 7.99. The fourth-order valence-corrected chi connectivity index (χ4v) is 4.57. The molecule has 0 unspecified atom stereocenters. The molecule has 0 aliphatic rings. The first-order valence-corrected chi connectivity index (χ1v) is 10.3. The molecule has 1 aromatic heterocycles. The monoisotopic (exact) mass is 384 g/mol. The van der Waals surface area contributed by atoms with Gasteiger partial charge in [-0.05, 0) is 63.1 Å². The van der Waals surface area contributed by atoms with Crippen LogP contribution in [0.2, 0.25) is 0 Å². The average Bonchev–Trinajstić information content (AvgIpc) is 3.12. The second-order valence-electron chi connectivity index (χ2n) is 7.31. The molecule has 0 atom stereocenters. The molecule has 3 aromatic carbocycles. The topological polar surface area (TPSA) is 17.8 Å². The summed E-state index contributed by atoms with van der Waals surface area (Å²) < 4.78 is 2.21. The van der Waals surface area contributed by atoms with Crippen molar-refractivity contribution in [3.63, 3.8) is 0 Å². The van der Waals surface area contributed by atoms with Crippen LogP contribution in [0, 0.1) is 27.7 Å². The molecule has 4 aromatic rings. The van der Waals surface area contributed by atoms with Gasteiger partial charge in [-0.25, -0.2) is 4.98 Å². The molecule has 0 aliphatic heterocycles. The standard InChI is InChI=1S/C25H24N2S/c1-17-8-10-22(11-9-17)28-23-7-5-6-21(16-23)25-26-12-13-27(25)24-19(3)14-18(2)15-20(24)4/h5-16H,1-4H3. The van der Waals surface area contributed by atoms with E-state index in [2.05, 4.69) is 104 Å². The zero-order valence-corrected chi connectivity index (χ0v) is 17.5. The number of aryl methyl sites for hydroxylation is 4. The summed E-state index contributed by atoms with van der Waals surface area (Å²) >= 11 is 1.78. The van der Waals surface area contributed by atoms with Gasteiger partial charge in [-0.2, -0.15) is 0 Å². The van der Waals surface area contributed by atoms with Gasteiger partial charge >= 0.3 is 0 Å². The van der Waals surface area contributed by atoms with Crippen LogP contribution in [0.1, 0.15) is 22.3 Å². The first kappa shape index (κ1) is 18.6. The Balaban J connectivity index is 1.72. The molecule has 4 rings (SSSR count). The summed E-state index contributed by atoms with van der Waals surface area (Å²) in [5.74, 6) is 0.974. The van der Waals surface area contributed by atoms with Gasteiger partial charge in [0.05, 0.1) is 5.69 Å². The second kappa shape index (κ2) is 7.69. The van der Waals surface area contributed by atoms with Crippen molar-refractivity contribution in [2.45, 2.75) is 37.5 Å². The number of aromatic nitrogens is 2. The van der Waals surface area contributed by atoms with Gasteiger partial charge in [-0.3, -0.25) is 4.57 Å². The zero-order valence-electron chi connectivity index (χ0n) is 16.7. The van der Waals surface area contributed by atoms with E-state index in [0.717, 1.165) is 11.4 Å². The Hall–Kier alpha value is -2.78. The van der Waals surface area contributed by atoms with Crippen molar-refractivity contribution in [3.05, 3.63) is 95.3 Å². The van der Waals surface area contributed by atoms with Crippen LogP contribution in [0.5, 0.6) is 0 Å². The summed E-state index contributed by atoms with van der Waals surface area (Å²) in [5, 5.41) is 0. The van der Waals surface area contributed by atoms with Gasteiger partial charge in [-0.1, -0.05) is 59.3 Å². The molecule has 0 bridgehead atoms. The van der Waals surface area contributed by atoms with Gasteiger partial charge < -0.3 is 0 Å². The summed E-state index contributed by atoms with van der Waals surface area (Å²) in [6.07, 6.45) is 3.94. The maximum absolute atomic E-state index is 4.68. The van der Waals surface area contributed by atoms with Crippen molar-refractivity contribution in [2.75, 3.05) is 0 Å². The Bertz CT molecular complexity index is 1100. The lowest BCUT2D eigenvalue weighted by molar-refractivity contribution is 1.03. The Labute approximate surface area is 171 Å². The third kappa shape index (κ3) is 3.76. The van der Waals surface area contributed by atoms with E-state index < -0.39 is 0 Å². The zero-order chi connectivity index (χ0) is 19.7. The lowest BCUT2D eigenvalue weighted by Crippen LogP contribution is -2.02. The largest absolute Gasteiger partial charge is 0.299 e. The average molecular weight is 385 g/mol. The highest BCUT2D eigenvalue weighted by Crippen LogP contribution is 2.32. The number of hydrogen-bond acceptors (Lipinski definition) is 2. The van der Waals surface area contributed by atoms with E-state index in [1.54, 1.807) is 11.8 Å². The van der Waals surface area contributed by atoms with Crippen LogP contribution in [0.25, 0.3) is 17.1 Å². The molecule has 0 amide bonds. The molecule has 28 heavy (non-hydrogen) atoms. The van der Waals surface area contributed by atoms with Crippen LogP contribution >= 0.6 is 11.8 Å². The SMILES string of the molecule is Cc1ccc(Sc2cccc(-c3nccn3-c3c(C)cc(C)cc3C)c2)cc1. The highest BCUT2D eigenvalue weighted by atomic mass is 32.2. The van der Waals surface area contributed by atoms with Gasteiger partial charge in [-0.15, -0.1) is 0 Å². The third-order valence-electron chi connectivity index (χ3n) is 4.87. The van der Waals surface area contributed by atoms with Crippen molar-refractivity contribution in [1.82, 2.24) is 9.55 Å². The molecule has 0 aliphatic carbocycles. The van der Waals surface area contributed by atoms with Crippen molar-refractivity contribution < 1.29 is 0 Å². The fraction of sp³-hybridized carbons (Fsp3) is 0.160.